The van der Waals surface area contributed by atoms with Crippen LogP contribution in [0, 0.1) is 0 Å². The topological polar surface area (TPSA) is 85.9 Å². The van der Waals surface area contributed by atoms with E-state index in [0.29, 0.717) is 32.0 Å². The van der Waals surface area contributed by atoms with Crippen molar-refractivity contribution < 1.29 is 14.3 Å². The van der Waals surface area contributed by atoms with Crippen LogP contribution in [-0.4, -0.2) is 32.2 Å². The molecule has 21 heavy (non-hydrogen) atoms. The van der Waals surface area contributed by atoms with Gasteiger partial charge in [-0.2, -0.15) is 0 Å². The molecule has 0 saturated heterocycles. The van der Waals surface area contributed by atoms with Crippen LogP contribution in [-0.2, 0) is 9.53 Å². The van der Waals surface area contributed by atoms with Gasteiger partial charge in [0, 0.05) is 18.7 Å². The van der Waals surface area contributed by atoms with Gasteiger partial charge in [-0.1, -0.05) is 0 Å². The van der Waals surface area contributed by atoms with Crippen LogP contribution >= 0.6 is 24.0 Å². The van der Waals surface area contributed by atoms with E-state index in [1.165, 1.54) is 0 Å². The number of nitrogens with zero attached hydrogens (tertiary/aromatic N) is 1. The standard InChI is InChI=1S/C14H21N3O3.HI/c1-3-20-13(18)5-4-10-16-14(15)17-11-6-8-12(19-2)9-7-11;/h6-9H,3-5,10H2,1-2H3,(H3,15,16,17);1H. The molecule has 3 N–H and O–H groups in total. The second-order valence-corrected chi connectivity index (χ2v) is 4.03. The molecule has 118 valence electrons. The van der Waals surface area contributed by atoms with Gasteiger partial charge in [-0.3, -0.25) is 9.79 Å². The highest BCUT2D eigenvalue weighted by molar-refractivity contribution is 14.0. The van der Waals surface area contributed by atoms with Crippen molar-refractivity contribution in [3.05, 3.63) is 24.3 Å². The van der Waals surface area contributed by atoms with Crippen LogP contribution in [0.25, 0.3) is 0 Å². The Kier molecular flexibility index (Phi) is 10.4. The predicted octanol–water partition coefficient (Wildman–Crippen LogP) is 2.38. The minimum absolute atomic E-state index is 0. The third-order valence-corrected chi connectivity index (χ3v) is 2.49. The van der Waals surface area contributed by atoms with Gasteiger partial charge < -0.3 is 20.5 Å². The SMILES string of the molecule is CCOC(=O)CCCN=C(N)Nc1ccc(OC)cc1.I. The van der Waals surface area contributed by atoms with Crippen molar-refractivity contribution in [3.8, 4) is 5.75 Å². The lowest BCUT2D eigenvalue weighted by Gasteiger charge is -2.06. The number of esters is 1. The number of halogens is 1. The lowest BCUT2D eigenvalue weighted by molar-refractivity contribution is -0.143. The number of rotatable bonds is 7. The van der Waals surface area contributed by atoms with Crippen molar-refractivity contribution in [2.75, 3.05) is 25.6 Å². The van der Waals surface area contributed by atoms with E-state index in [9.17, 15) is 4.79 Å². The Morgan fingerprint density at radius 2 is 2.00 bits per heavy atom. The van der Waals surface area contributed by atoms with E-state index in [4.69, 9.17) is 15.2 Å². The maximum atomic E-state index is 11.1. The highest BCUT2D eigenvalue weighted by Gasteiger charge is 2.00. The van der Waals surface area contributed by atoms with E-state index in [0.717, 1.165) is 11.4 Å². The second kappa shape index (κ2) is 11.2. The molecule has 0 aromatic heterocycles. The van der Waals surface area contributed by atoms with E-state index in [1.54, 1.807) is 14.0 Å². The first kappa shape index (κ1) is 19.5. The number of carbonyl (C=O) groups is 1. The Balaban J connectivity index is 0.00000400. The van der Waals surface area contributed by atoms with E-state index >= 15 is 0 Å². The Morgan fingerprint density at radius 3 is 2.57 bits per heavy atom. The number of hydrogen-bond acceptors (Lipinski definition) is 4. The molecule has 0 atom stereocenters. The molecule has 7 heteroatoms. The summed E-state index contributed by atoms with van der Waals surface area (Å²) in [6, 6.07) is 7.35. The average molecular weight is 407 g/mol. The number of methoxy groups -OCH3 is 1. The minimum Gasteiger partial charge on any atom is -0.497 e. The summed E-state index contributed by atoms with van der Waals surface area (Å²) in [6.07, 6.45) is 0.969. The predicted molar refractivity (Wildman–Crippen MR) is 94.4 cm³/mol. The average Bonchev–Trinajstić information content (AvgIpc) is 2.45. The number of benzene rings is 1. The summed E-state index contributed by atoms with van der Waals surface area (Å²) in [6.45, 7) is 2.67. The Bertz CT molecular complexity index is 449. The van der Waals surface area contributed by atoms with Gasteiger partial charge >= 0.3 is 5.97 Å². The van der Waals surface area contributed by atoms with Gasteiger partial charge in [0.15, 0.2) is 5.96 Å². The summed E-state index contributed by atoms with van der Waals surface area (Å²) >= 11 is 0. The van der Waals surface area contributed by atoms with Crippen molar-refractivity contribution in [3.63, 3.8) is 0 Å². The molecule has 0 aliphatic rings. The van der Waals surface area contributed by atoms with Crippen LogP contribution in [0.3, 0.4) is 0 Å². The number of aliphatic imine (C=N–C) groups is 1. The number of anilines is 1. The smallest absolute Gasteiger partial charge is 0.305 e. The molecule has 0 spiro atoms. The second-order valence-electron chi connectivity index (χ2n) is 4.03. The molecule has 0 fully saturated rings. The molecule has 1 aromatic carbocycles. The summed E-state index contributed by atoms with van der Waals surface area (Å²) in [7, 11) is 1.61. The molecule has 0 heterocycles. The zero-order valence-electron chi connectivity index (χ0n) is 12.3. The van der Waals surface area contributed by atoms with E-state index in [-0.39, 0.29) is 29.9 Å². The van der Waals surface area contributed by atoms with Gasteiger partial charge in [-0.25, -0.2) is 0 Å². The number of ether oxygens (including phenoxy) is 2. The number of carbonyl (C=O) groups excluding carboxylic acids is 1. The molecule has 1 aromatic rings. The molecule has 0 aliphatic carbocycles. The molecule has 0 unspecified atom stereocenters. The highest BCUT2D eigenvalue weighted by Crippen LogP contribution is 2.14. The molecule has 0 aliphatic heterocycles. The minimum atomic E-state index is -0.204. The monoisotopic (exact) mass is 407 g/mol. The molecule has 0 saturated carbocycles. The first-order chi connectivity index (χ1) is 9.65. The number of nitrogens with two attached hydrogens (primary N) is 1. The summed E-state index contributed by atoms with van der Waals surface area (Å²) in [5.41, 5.74) is 6.57. The van der Waals surface area contributed by atoms with Crippen LogP contribution in [0.15, 0.2) is 29.3 Å². The molecule has 0 radical (unpaired) electrons. The van der Waals surface area contributed by atoms with Gasteiger partial charge in [0.2, 0.25) is 0 Å². The fourth-order valence-electron chi connectivity index (χ4n) is 1.52. The number of nitrogens with one attached hydrogen (secondary N) is 1. The fraction of sp³-hybridized carbons (Fsp3) is 0.429. The summed E-state index contributed by atoms with van der Waals surface area (Å²) in [5, 5.41) is 2.96. The Labute approximate surface area is 142 Å². The molecule has 0 amide bonds. The van der Waals surface area contributed by atoms with Crippen molar-refractivity contribution >= 4 is 41.6 Å². The molecule has 1 rings (SSSR count). The lowest BCUT2D eigenvalue weighted by atomic mass is 10.3. The Hall–Kier alpha value is -1.51. The van der Waals surface area contributed by atoms with Gasteiger partial charge in [0.1, 0.15) is 5.75 Å². The maximum absolute atomic E-state index is 11.1. The van der Waals surface area contributed by atoms with Crippen LogP contribution in [0.4, 0.5) is 5.69 Å². The molecular formula is C14H22IN3O3. The third kappa shape index (κ3) is 8.38. The van der Waals surface area contributed by atoms with Crippen molar-refractivity contribution in [2.45, 2.75) is 19.8 Å². The molecular weight excluding hydrogens is 385 g/mol. The summed E-state index contributed by atoms with van der Waals surface area (Å²) < 4.78 is 9.88. The third-order valence-electron chi connectivity index (χ3n) is 2.49. The van der Waals surface area contributed by atoms with Gasteiger partial charge in [0.25, 0.3) is 0 Å². The first-order valence-electron chi connectivity index (χ1n) is 6.52. The summed E-state index contributed by atoms with van der Waals surface area (Å²) in [4.78, 5) is 15.2. The lowest BCUT2D eigenvalue weighted by Crippen LogP contribution is -2.22. The van der Waals surface area contributed by atoms with Crippen LogP contribution in [0.2, 0.25) is 0 Å². The molecule has 0 bridgehead atoms. The van der Waals surface area contributed by atoms with E-state index < -0.39 is 0 Å². The van der Waals surface area contributed by atoms with Crippen molar-refractivity contribution in [2.24, 2.45) is 10.7 Å². The van der Waals surface area contributed by atoms with Crippen molar-refractivity contribution in [1.82, 2.24) is 0 Å². The molecule has 6 nitrogen and oxygen atoms in total. The van der Waals surface area contributed by atoms with E-state index in [1.807, 2.05) is 24.3 Å². The largest absolute Gasteiger partial charge is 0.497 e. The van der Waals surface area contributed by atoms with E-state index in [2.05, 4.69) is 10.3 Å². The Morgan fingerprint density at radius 1 is 1.33 bits per heavy atom. The fourth-order valence-corrected chi connectivity index (χ4v) is 1.52. The van der Waals surface area contributed by atoms with Crippen LogP contribution in [0.5, 0.6) is 5.75 Å². The van der Waals surface area contributed by atoms with Gasteiger partial charge in [-0.15, -0.1) is 24.0 Å². The number of hydrogen-bond donors (Lipinski definition) is 2. The quantitative estimate of drug-likeness (QED) is 0.238. The van der Waals surface area contributed by atoms with Crippen LogP contribution < -0.4 is 15.8 Å². The normalized spacial score (nSPS) is 10.5. The zero-order chi connectivity index (χ0) is 14.8. The van der Waals surface area contributed by atoms with Gasteiger partial charge in [-0.05, 0) is 37.6 Å². The zero-order valence-corrected chi connectivity index (χ0v) is 14.6. The van der Waals surface area contributed by atoms with Crippen molar-refractivity contribution in [1.29, 1.82) is 0 Å². The van der Waals surface area contributed by atoms with Gasteiger partial charge in [0.05, 0.1) is 13.7 Å². The van der Waals surface area contributed by atoms with Crippen LogP contribution in [0.1, 0.15) is 19.8 Å². The summed E-state index contributed by atoms with van der Waals surface area (Å²) in [5.74, 6) is 0.893. The maximum Gasteiger partial charge on any atom is 0.305 e. The number of guanidine groups is 1. The first-order valence-corrected chi connectivity index (χ1v) is 6.52. The highest BCUT2D eigenvalue weighted by atomic mass is 127.